The number of hydrogen-bond donors (Lipinski definition) is 7. The Morgan fingerprint density at radius 2 is 0.816 bits per heavy atom. The van der Waals surface area contributed by atoms with E-state index in [0.717, 1.165) is 93.4 Å². The lowest BCUT2D eigenvalue weighted by atomic mass is 10.0. The summed E-state index contributed by atoms with van der Waals surface area (Å²) in [5, 5.41) is 26.4. The summed E-state index contributed by atoms with van der Waals surface area (Å²) in [7, 11) is 0. The highest BCUT2D eigenvalue weighted by Crippen LogP contribution is 2.24. The van der Waals surface area contributed by atoms with Crippen molar-refractivity contribution in [2.75, 3.05) is 13.2 Å². The van der Waals surface area contributed by atoms with E-state index in [0.29, 0.717) is 12.8 Å². The van der Waals surface area contributed by atoms with Crippen molar-refractivity contribution in [3.63, 3.8) is 0 Å². The molecule has 10 bridgehead atoms. The third-order valence-electron chi connectivity index (χ3n) is 11.0. The Morgan fingerprint density at radius 1 is 0.408 bits per heavy atom. The van der Waals surface area contributed by atoms with Crippen molar-refractivity contribution in [2.45, 2.75) is 107 Å². The monoisotopic (exact) mass is 661 g/mol. The summed E-state index contributed by atoms with van der Waals surface area (Å²) in [6.07, 6.45) is 15.8. The van der Waals surface area contributed by atoms with Gasteiger partial charge in [0.25, 0.3) is 0 Å². The Morgan fingerprint density at radius 3 is 1.31 bits per heavy atom. The minimum Gasteiger partial charge on any atom is -0.396 e. The van der Waals surface area contributed by atoms with Crippen molar-refractivity contribution < 1.29 is 10.2 Å². The number of nitrogens with one attached hydrogen (secondary N) is 5. The van der Waals surface area contributed by atoms with Gasteiger partial charge in [-0.25, -0.2) is 0 Å². The number of H-pyrrole nitrogens is 5. The van der Waals surface area contributed by atoms with Crippen molar-refractivity contribution in [3.8, 4) is 0 Å². The van der Waals surface area contributed by atoms with Crippen LogP contribution in [0.4, 0.5) is 0 Å². The van der Waals surface area contributed by atoms with Gasteiger partial charge in [-0.15, -0.1) is 0 Å². The van der Waals surface area contributed by atoms with Gasteiger partial charge < -0.3 is 35.1 Å². The first-order valence-electron chi connectivity index (χ1n) is 18.4. The van der Waals surface area contributed by atoms with Gasteiger partial charge in [0.2, 0.25) is 0 Å². The average Bonchev–Trinajstić information content (AvgIpc) is 3.84. The van der Waals surface area contributed by atoms with Crippen LogP contribution in [0.15, 0.2) is 0 Å². The van der Waals surface area contributed by atoms with E-state index < -0.39 is 0 Å². The van der Waals surface area contributed by atoms with Gasteiger partial charge >= 0.3 is 0 Å². The highest BCUT2D eigenvalue weighted by Gasteiger charge is 2.17. The zero-order valence-corrected chi connectivity index (χ0v) is 30.8. The van der Waals surface area contributed by atoms with Crippen molar-refractivity contribution in [3.05, 3.63) is 111 Å². The van der Waals surface area contributed by atoms with Gasteiger partial charge in [-0.05, 0) is 159 Å². The zero-order valence-electron chi connectivity index (χ0n) is 30.8. The molecule has 0 aliphatic carbocycles. The van der Waals surface area contributed by atoms with E-state index in [4.69, 9.17) is 0 Å². The predicted octanol–water partition coefficient (Wildman–Crippen LogP) is 4.58. The molecule has 7 nitrogen and oxygen atoms in total. The van der Waals surface area contributed by atoms with Crippen molar-refractivity contribution in [2.24, 2.45) is 0 Å². The molecule has 6 heterocycles. The van der Waals surface area contributed by atoms with Crippen molar-refractivity contribution in [1.29, 1.82) is 0 Å². The summed E-state index contributed by atoms with van der Waals surface area (Å²) < 4.78 is 0. The molecule has 0 spiro atoms. The molecule has 49 heavy (non-hydrogen) atoms. The highest BCUT2D eigenvalue weighted by molar-refractivity contribution is 5.65. The molecule has 0 radical (unpaired) electrons. The maximum absolute atomic E-state index is 9.82. The van der Waals surface area contributed by atoms with Crippen LogP contribution >= 0.6 is 0 Å². The molecule has 0 aromatic carbocycles. The highest BCUT2D eigenvalue weighted by atomic mass is 16.3. The van der Waals surface area contributed by atoms with Gasteiger partial charge in [0.15, 0.2) is 0 Å². The summed E-state index contributed by atoms with van der Waals surface area (Å²) in [4.78, 5) is 19.2. The fourth-order valence-corrected chi connectivity index (χ4v) is 8.27. The lowest BCUT2D eigenvalue weighted by Gasteiger charge is -2.02. The SMILES string of the molecule is CCc1c2[nH]c(c1CC)C=c1[nH]c(c(C)c1CC)=c1[nH]c(c(CC)c1C)=Cc1[nH]c(c(CCCO)c1C)C=c1[nH]c(c(CCCO)c1C)=C2. The molecule has 0 saturated heterocycles. The van der Waals surface area contributed by atoms with Crippen LogP contribution in [-0.4, -0.2) is 48.3 Å². The number of hydrogen-bond acceptors (Lipinski definition) is 2. The first-order chi connectivity index (χ1) is 23.7. The van der Waals surface area contributed by atoms with Gasteiger partial charge in [0.05, 0.1) is 10.7 Å². The summed E-state index contributed by atoms with van der Waals surface area (Å²) >= 11 is 0. The molecule has 7 N–H and O–H groups in total. The number of rotatable bonds is 10. The maximum atomic E-state index is 9.82. The second-order valence-corrected chi connectivity index (χ2v) is 13.7. The molecule has 5 aromatic rings. The quantitative estimate of drug-likeness (QED) is 0.116. The lowest BCUT2D eigenvalue weighted by molar-refractivity contribution is 0.288. The molecule has 6 rings (SSSR count). The molecule has 7 heteroatoms. The smallest absolute Gasteiger partial charge is 0.0659 e. The van der Waals surface area contributed by atoms with Crippen LogP contribution in [-0.2, 0) is 38.5 Å². The van der Waals surface area contributed by atoms with Gasteiger partial charge in [-0.3, -0.25) is 0 Å². The molecule has 0 fully saturated rings. The number of fused-ring (bicyclic) bond motifs is 10. The molecule has 1 aliphatic rings. The summed E-state index contributed by atoms with van der Waals surface area (Å²) in [5.41, 5.74) is 17.3. The molecule has 1 aliphatic heterocycles. The normalized spacial score (nSPS) is 12.5. The largest absolute Gasteiger partial charge is 0.396 e. The first-order valence-corrected chi connectivity index (χ1v) is 18.4. The Bertz CT molecular complexity index is 2350. The topological polar surface area (TPSA) is 119 Å². The molecular formula is C42H55N5O2. The number of aromatic amines is 5. The van der Waals surface area contributed by atoms with E-state index in [1.165, 1.54) is 55.6 Å². The van der Waals surface area contributed by atoms with Crippen LogP contribution in [0.2, 0.25) is 0 Å². The lowest BCUT2D eigenvalue weighted by Crippen LogP contribution is -2.13. The van der Waals surface area contributed by atoms with Gasteiger partial charge in [0.1, 0.15) is 0 Å². The molecule has 0 amide bonds. The Labute approximate surface area is 289 Å². The van der Waals surface area contributed by atoms with E-state index in [1.54, 1.807) is 0 Å². The van der Waals surface area contributed by atoms with Crippen LogP contribution in [0, 0.1) is 38.4 Å². The van der Waals surface area contributed by atoms with Crippen LogP contribution in [0.3, 0.4) is 0 Å². The van der Waals surface area contributed by atoms with Gasteiger partial charge in [-0.1, -0.05) is 27.7 Å². The zero-order chi connectivity index (χ0) is 35.0. The number of aliphatic hydroxyl groups excluding tert-OH is 2. The molecule has 260 valence electrons. The van der Waals surface area contributed by atoms with E-state index >= 15 is 0 Å². The number of aliphatic hydroxyl groups is 2. The van der Waals surface area contributed by atoms with Crippen LogP contribution in [0.25, 0.3) is 24.3 Å². The fraction of sp³-hybridized carbons (Fsp3) is 0.429. The number of aromatic nitrogens is 5. The van der Waals surface area contributed by atoms with Crippen LogP contribution in [0.1, 0.15) is 119 Å². The van der Waals surface area contributed by atoms with Gasteiger partial charge in [0, 0.05) is 57.4 Å². The second-order valence-electron chi connectivity index (χ2n) is 13.7. The molecular weight excluding hydrogens is 606 g/mol. The Kier molecular flexibility index (Phi) is 10.1. The molecule has 0 atom stereocenters. The van der Waals surface area contributed by atoms with Gasteiger partial charge in [-0.2, -0.15) is 0 Å². The third kappa shape index (κ3) is 6.12. The summed E-state index contributed by atoms with van der Waals surface area (Å²) in [6, 6.07) is 0. The van der Waals surface area contributed by atoms with Crippen molar-refractivity contribution in [1.82, 2.24) is 24.9 Å². The third-order valence-corrected chi connectivity index (χ3v) is 11.0. The Balaban J connectivity index is 1.82. The standard InChI is InChI=1S/C42H55N5O2/c1-9-27-25(7)41-42-26(8)28(10-2)36(47-42)21-37-29(11-3)30(12-4)38(45-37)22-40-32(16-14-18-49)24(6)34(44-40)20-39-31(15-13-17-48)23(5)33(43-39)19-35(27)46-41/h19-22,43-49H,9-18H2,1-8H3. The minimum atomic E-state index is 0.153. The van der Waals surface area contributed by atoms with Crippen LogP contribution < -0.4 is 21.4 Å². The predicted molar refractivity (Wildman–Crippen MR) is 202 cm³/mol. The average molecular weight is 662 g/mol. The van der Waals surface area contributed by atoms with Crippen LogP contribution in [0.5, 0.6) is 0 Å². The minimum absolute atomic E-state index is 0.153. The van der Waals surface area contributed by atoms with E-state index in [1.807, 2.05) is 0 Å². The fourth-order valence-electron chi connectivity index (χ4n) is 8.27. The van der Waals surface area contributed by atoms with E-state index in [9.17, 15) is 10.2 Å². The second kappa shape index (κ2) is 14.3. The van der Waals surface area contributed by atoms with Crippen molar-refractivity contribution >= 4 is 24.3 Å². The Hall–Kier alpha value is -4.20. The summed E-state index contributed by atoms with van der Waals surface area (Å²) in [6.45, 7) is 18.2. The molecule has 0 saturated carbocycles. The molecule has 5 aromatic heterocycles. The van der Waals surface area contributed by atoms with E-state index in [2.05, 4.69) is 105 Å². The van der Waals surface area contributed by atoms with E-state index in [-0.39, 0.29) is 13.2 Å². The first kappa shape index (κ1) is 34.7. The summed E-state index contributed by atoms with van der Waals surface area (Å²) in [5.74, 6) is 0. The maximum Gasteiger partial charge on any atom is 0.0659 e. The molecule has 0 unspecified atom stereocenters.